The number of benzene rings is 1. The van der Waals surface area contributed by atoms with Gasteiger partial charge in [-0.2, -0.15) is 5.10 Å². The van der Waals surface area contributed by atoms with Gasteiger partial charge in [-0.25, -0.2) is 0 Å². The molecule has 0 saturated carbocycles. The number of nitrogens with one attached hydrogen (secondary N) is 3. The zero-order chi connectivity index (χ0) is 13.0. The van der Waals surface area contributed by atoms with E-state index in [9.17, 15) is 9.59 Å². The minimum Gasteiger partial charge on any atom is -0.354 e. The van der Waals surface area contributed by atoms with Crippen molar-refractivity contribution in [3.05, 3.63) is 47.8 Å². The van der Waals surface area contributed by atoms with E-state index in [1.165, 1.54) is 13.1 Å². The third-order valence-electron chi connectivity index (χ3n) is 2.31. The molecule has 0 saturated heterocycles. The molecule has 1 aromatic heterocycles. The van der Waals surface area contributed by atoms with Crippen LogP contribution in [0.1, 0.15) is 21.0 Å². The molecular weight excluding hydrogens is 232 g/mol. The van der Waals surface area contributed by atoms with Crippen molar-refractivity contribution < 1.29 is 9.59 Å². The molecule has 0 radical (unpaired) electrons. The molecule has 0 aliphatic rings. The Balaban J connectivity index is 2.10. The van der Waals surface area contributed by atoms with E-state index in [1.54, 1.807) is 12.1 Å². The fourth-order valence-corrected chi connectivity index (χ4v) is 1.41. The van der Waals surface area contributed by atoms with Gasteiger partial charge in [0.25, 0.3) is 11.8 Å². The molecule has 1 heterocycles. The highest BCUT2D eigenvalue weighted by Crippen LogP contribution is 2.08. The Bertz CT molecular complexity index is 562. The van der Waals surface area contributed by atoms with Crippen molar-refractivity contribution >= 4 is 17.5 Å². The van der Waals surface area contributed by atoms with E-state index in [0.717, 1.165) is 0 Å². The molecular formula is C12H12N4O2. The minimum atomic E-state index is -0.368. The summed E-state index contributed by atoms with van der Waals surface area (Å²) in [5.74, 6) is -0.686. The van der Waals surface area contributed by atoms with E-state index in [2.05, 4.69) is 20.8 Å². The molecule has 2 amide bonds. The van der Waals surface area contributed by atoms with E-state index < -0.39 is 0 Å². The van der Waals surface area contributed by atoms with Gasteiger partial charge in [0, 0.05) is 18.8 Å². The van der Waals surface area contributed by atoms with Crippen LogP contribution in [-0.4, -0.2) is 29.1 Å². The Morgan fingerprint density at radius 1 is 1.17 bits per heavy atom. The van der Waals surface area contributed by atoms with Gasteiger partial charge in [-0.1, -0.05) is 18.2 Å². The predicted octanol–water partition coefficient (Wildman–Crippen LogP) is 1.02. The van der Waals surface area contributed by atoms with Gasteiger partial charge in [0.05, 0.1) is 0 Å². The minimum absolute atomic E-state index is 0.164. The summed E-state index contributed by atoms with van der Waals surface area (Å²) >= 11 is 0. The summed E-state index contributed by atoms with van der Waals surface area (Å²) in [6, 6.07) is 10.4. The van der Waals surface area contributed by atoms with Crippen molar-refractivity contribution in [1.82, 2.24) is 15.5 Å². The number of rotatable bonds is 3. The second kappa shape index (κ2) is 5.13. The molecule has 2 rings (SSSR count). The zero-order valence-electron chi connectivity index (χ0n) is 9.73. The maximum Gasteiger partial charge on any atom is 0.276 e. The van der Waals surface area contributed by atoms with Crippen molar-refractivity contribution in [2.24, 2.45) is 0 Å². The highest BCUT2D eigenvalue weighted by molar-refractivity contribution is 6.04. The van der Waals surface area contributed by atoms with Gasteiger partial charge in [0.2, 0.25) is 0 Å². The number of H-pyrrole nitrogens is 1. The van der Waals surface area contributed by atoms with E-state index in [0.29, 0.717) is 5.69 Å². The lowest BCUT2D eigenvalue weighted by Gasteiger charge is -2.01. The van der Waals surface area contributed by atoms with E-state index in [-0.39, 0.29) is 23.2 Å². The smallest absolute Gasteiger partial charge is 0.276 e. The Labute approximate surface area is 103 Å². The second-order valence-electron chi connectivity index (χ2n) is 3.57. The van der Waals surface area contributed by atoms with E-state index in [4.69, 9.17) is 0 Å². The molecule has 0 fully saturated rings. The summed E-state index contributed by atoms with van der Waals surface area (Å²) in [7, 11) is 1.51. The number of carbonyl (C=O) groups is 2. The van der Waals surface area contributed by atoms with Crippen molar-refractivity contribution in [3.8, 4) is 0 Å². The number of hydrogen-bond acceptors (Lipinski definition) is 3. The Morgan fingerprint density at radius 3 is 2.56 bits per heavy atom. The van der Waals surface area contributed by atoms with Crippen molar-refractivity contribution in [2.45, 2.75) is 0 Å². The van der Waals surface area contributed by atoms with Crippen LogP contribution in [0.5, 0.6) is 0 Å². The number of amides is 2. The number of nitrogens with zero attached hydrogens (tertiary/aromatic N) is 1. The maximum absolute atomic E-state index is 11.8. The van der Waals surface area contributed by atoms with Crippen LogP contribution in [0.25, 0.3) is 0 Å². The van der Waals surface area contributed by atoms with Crippen LogP contribution in [0.3, 0.4) is 0 Å². The molecule has 0 atom stereocenters. The normalized spacial score (nSPS) is 9.83. The van der Waals surface area contributed by atoms with Gasteiger partial charge in [-0.05, 0) is 12.1 Å². The Morgan fingerprint density at radius 2 is 1.89 bits per heavy atom. The fourth-order valence-electron chi connectivity index (χ4n) is 1.41. The van der Waals surface area contributed by atoms with Gasteiger partial charge in [-0.15, -0.1) is 0 Å². The summed E-state index contributed by atoms with van der Waals surface area (Å²) in [6.45, 7) is 0. The molecule has 92 valence electrons. The quantitative estimate of drug-likeness (QED) is 0.753. The molecule has 3 N–H and O–H groups in total. The number of aromatic amines is 1. The predicted molar refractivity (Wildman–Crippen MR) is 66.4 cm³/mol. The third-order valence-corrected chi connectivity index (χ3v) is 2.31. The molecule has 0 bridgehead atoms. The van der Waals surface area contributed by atoms with Crippen molar-refractivity contribution in [3.63, 3.8) is 0 Å². The van der Waals surface area contributed by atoms with Crippen molar-refractivity contribution in [1.29, 1.82) is 0 Å². The lowest BCUT2D eigenvalue weighted by Crippen LogP contribution is -2.18. The van der Waals surface area contributed by atoms with Gasteiger partial charge in [0.1, 0.15) is 5.69 Å². The highest BCUT2D eigenvalue weighted by atomic mass is 16.2. The summed E-state index contributed by atoms with van der Waals surface area (Å²) < 4.78 is 0. The molecule has 18 heavy (non-hydrogen) atoms. The van der Waals surface area contributed by atoms with Crippen LogP contribution in [0, 0.1) is 0 Å². The number of carbonyl (C=O) groups excluding carboxylic acids is 2. The summed E-state index contributed by atoms with van der Waals surface area (Å²) in [5.41, 5.74) is 1.08. The average molecular weight is 244 g/mol. The first-order valence-electron chi connectivity index (χ1n) is 5.34. The average Bonchev–Trinajstić information content (AvgIpc) is 2.88. The molecule has 1 aromatic carbocycles. The number of hydrogen-bond donors (Lipinski definition) is 3. The largest absolute Gasteiger partial charge is 0.354 e. The molecule has 6 heteroatoms. The second-order valence-corrected chi connectivity index (χ2v) is 3.57. The Kier molecular flexibility index (Phi) is 3.38. The van der Waals surface area contributed by atoms with Gasteiger partial charge in [-0.3, -0.25) is 14.7 Å². The fraction of sp³-hybridized carbons (Fsp3) is 0.0833. The lowest BCUT2D eigenvalue weighted by atomic mass is 10.3. The van der Waals surface area contributed by atoms with E-state index >= 15 is 0 Å². The number of anilines is 1. The van der Waals surface area contributed by atoms with Crippen LogP contribution >= 0.6 is 0 Å². The van der Waals surface area contributed by atoms with Gasteiger partial charge < -0.3 is 10.6 Å². The standard InChI is InChI=1S/C12H12N4O2/c1-13-11(17)9-7-10(16-15-9)12(18)14-8-5-3-2-4-6-8/h2-7H,1H3,(H,13,17)(H,14,18)(H,15,16). The topological polar surface area (TPSA) is 86.9 Å². The SMILES string of the molecule is CNC(=O)c1cc(C(=O)Nc2ccccc2)n[nH]1. The number of aromatic nitrogens is 2. The first kappa shape index (κ1) is 11.8. The highest BCUT2D eigenvalue weighted by Gasteiger charge is 2.13. The van der Waals surface area contributed by atoms with Crippen LogP contribution in [0.15, 0.2) is 36.4 Å². The van der Waals surface area contributed by atoms with Gasteiger partial charge >= 0.3 is 0 Å². The van der Waals surface area contributed by atoms with Crippen LogP contribution in [0.2, 0.25) is 0 Å². The lowest BCUT2D eigenvalue weighted by molar-refractivity contribution is 0.0957. The number of para-hydroxylation sites is 1. The summed E-state index contributed by atoms with van der Waals surface area (Å²) in [6.07, 6.45) is 0. The van der Waals surface area contributed by atoms with Crippen LogP contribution in [-0.2, 0) is 0 Å². The summed E-state index contributed by atoms with van der Waals surface area (Å²) in [4.78, 5) is 23.1. The zero-order valence-corrected chi connectivity index (χ0v) is 9.73. The third kappa shape index (κ3) is 2.54. The van der Waals surface area contributed by atoms with Gasteiger partial charge in [0.15, 0.2) is 5.69 Å². The Hall–Kier alpha value is -2.63. The first-order valence-corrected chi connectivity index (χ1v) is 5.34. The van der Waals surface area contributed by atoms with Crippen LogP contribution < -0.4 is 10.6 Å². The first-order chi connectivity index (χ1) is 8.70. The molecule has 0 spiro atoms. The van der Waals surface area contributed by atoms with Crippen LogP contribution in [0.4, 0.5) is 5.69 Å². The molecule has 0 aliphatic heterocycles. The molecule has 2 aromatic rings. The van der Waals surface area contributed by atoms with E-state index in [1.807, 2.05) is 18.2 Å². The molecule has 6 nitrogen and oxygen atoms in total. The molecule has 0 unspecified atom stereocenters. The molecule has 0 aliphatic carbocycles. The monoisotopic (exact) mass is 244 g/mol. The van der Waals surface area contributed by atoms with Crippen molar-refractivity contribution in [2.75, 3.05) is 12.4 Å². The maximum atomic E-state index is 11.8. The summed E-state index contributed by atoms with van der Waals surface area (Å²) in [5, 5.41) is 11.4.